The van der Waals surface area contributed by atoms with Gasteiger partial charge in [-0.15, -0.1) is 5.10 Å². The summed E-state index contributed by atoms with van der Waals surface area (Å²) in [5.41, 5.74) is 3.30. The van der Waals surface area contributed by atoms with Crippen LogP contribution in [0.5, 0.6) is 11.5 Å². The SMILES string of the molecule is COc1ccc([Si](C)(C)C(CCn2cc(CCO)nn2)[C@H]2Oc3ccc(N4CN(c5ccccc5)C5(CCNCC5)C4=O)cc3[C@@H](OC)[C@@H]2C)cc1. The third-order valence-electron chi connectivity index (χ3n) is 11.8. The summed E-state index contributed by atoms with van der Waals surface area (Å²) in [6, 6.07) is 25.0. The first kappa shape index (κ1) is 36.1. The van der Waals surface area contributed by atoms with Gasteiger partial charge in [0.1, 0.15) is 23.1 Å². The van der Waals surface area contributed by atoms with Gasteiger partial charge in [0.15, 0.2) is 0 Å². The number of nitrogens with one attached hydrogen (secondary N) is 1. The number of anilines is 2. The van der Waals surface area contributed by atoms with Crippen LogP contribution in [0.4, 0.5) is 11.4 Å². The number of piperidine rings is 1. The van der Waals surface area contributed by atoms with Gasteiger partial charge in [0.2, 0.25) is 0 Å². The van der Waals surface area contributed by atoms with Gasteiger partial charge in [-0.1, -0.05) is 60.7 Å². The summed E-state index contributed by atoms with van der Waals surface area (Å²) in [6.07, 6.45) is 4.41. The van der Waals surface area contributed by atoms with Crippen LogP contribution in [0.3, 0.4) is 0 Å². The molecule has 0 aliphatic carbocycles. The molecule has 11 nitrogen and oxygen atoms in total. The molecule has 1 aromatic heterocycles. The third-order valence-corrected chi connectivity index (χ3v) is 16.1. The van der Waals surface area contributed by atoms with E-state index in [-0.39, 0.29) is 36.2 Å². The Balaban J connectivity index is 1.21. The zero-order valence-electron chi connectivity index (χ0n) is 31.0. The van der Waals surface area contributed by atoms with Crippen molar-refractivity contribution in [2.75, 3.05) is 50.4 Å². The number of rotatable bonds is 12. The molecule has 1 spiro atoms. The van der Waals surface area contributed by atoms with Crippen LogP contribution < -0.4 is 29.8 Å². The summed E-state index contributed by atoms with van der Waals surface area (Å²) in [6.45, 7) is 9.90. The predicted octanol–water partition coefficient (Wildman–Crippen LogP) is 4.92. The molecule has 12 heteroatoms. The van der Waals surface area contributed by atoms with Crippen LogP contribution in [0.1, 0.15) is 43.5 Å². The number of hydrogen-bond donors (Lipinski definition) is 2. The maximum atomic E-state index is 14.5. The largest absolute Gasteiger partial charge is 0.497 e. The number of para-hydroxylation sites is 1. The number of carbonyl (C=O) groups is 1. The first-order chi connectivity index (χ1) is 25.2. The predicted molar refractivity (Wildman–Crippen MR) is 205 cm³/mol. The van der Waals surface area contributed by atoms with E-state index in [1.54, 1.807) is 14.2 Å². The number of aromatic nitrogens is 3. The van der Waals surface area contributed by atoms with Gasteiger partial charge in [-0.2, -0.15) is 0 Å². The Bertz CT molecular complexity index is 1830. The maximum Gasteiger partial charge on any atom is 0.254 e. The van der Waals surface area contributed by atoms with Crippen LogP contribution in [0.25, 0.3) is 0 Å². The van der Waals surface area contributed by atoms with E-state index in [0.717, 1.165) is 66.5 Å². The van der Waals surface area contributed by atoms with Crippen LogP contribution in [-0.2, 0) is 22.5 Å². The average Bonchev–Trinajstić information content (AvgIpc) is 3.73. The minimum Gasteiger partial charge on any atom is -0.497 e. The van der Waals surface area contributed by atoms with Crippen molar-refractivity contribution in [2.45, 2.75) is 75.5 Å². The molecule has 2 saturated heterocycles. The van der Waals surface area contributed by atoms with Gasteiger partial charge >= 0.3 is 0 Å². The molecule has 3 aromatic carbocycles. The molecule has 0 bridgehead atoms. The molecule has 276 valence electrons. The summed E-state index contributed by atoms with van der Waals surface area (Å²) in [5, 5.41) is 22.8. The molecular formula is C40H52N6O5Si. The summed E-state index contributed by atoms with van der Waals surface area (Å²) < 4.78 is 20.8. The number of carbonyl (C=O) groups excluding carboxylic acids is 1. The van der Waals surface area contributed by atoms with E-state index >= 15 is 0 Å². The van der Waals surface area contributed by atoms with Gasteiger partial charge in [0.25, 0.3) is 5.91 Å². The van der Waals surface area contributed by atoms with Gasteiger partial charge in [-0.05, 0) is 80.4 Å². The zero-order chi connectivity index (χ0) is 36.5. The Morgan fingerprint density at radius 3 is 2.48 bits per heavy atom. The molecule has 4 heterocycles. The van der Waals surface area contributed by atoms with Crippen molar-refractivity contribution in [1.29, 1.82) is 0 Å². The summed E-state index contributed by atoms with van der Waals surface area (Å²) >= 11 is 0. The lowest BCUT2D eigenvalue weighted by Crippen LogP contribution is -2.55. The van der Waals surface area contributed by atoms with Gasteiger partial charge in [-0.3, -0.25) is 14.4 Å². The molecule has 52 heavy (non-hydrogen) atoms. The number of methoxy groups -OCH3 is 2. The number of benzene rings is 3. The second kappa shape index (κ2) is 15.0. The fourth-order valence-electron chi connectivity index (χ4n) is 8.82. The molecular weight excluding hydrogens is 673 g/mol. The van der Waals surface area contributed by atoms with E-state index in [4.69, 9.17) is 14.2 Å². The van der Waals surface area contributed by atoms with Crippen LogP contribution >= 0.6 is 0 Å². The van der Waals surface area contributed by atoms with Crippen LogP contribution in [0.2, 0.25) is 18.6 Å². The molecule has 4 aromatic rings. The topological polar surface area (TPSA) is 114 Å². The molecule has 2 fully saturated rings. The minimum absolute atomic E-state index is 0.0225. The zero-order valence-corrected chi connectivity index (χ0v) is 32.0. The molecule has 4 atom stereocenters. The van der Waals surface area contributed by atoms with Crippen molar-refractivity contribution in [2.24, 2.45) is 5.92 Å². The number of aliphatic hydroxyl groups is 1. The Hall–Kier alpha value is -4.23. The number of amides is 1. The van der Waals surface area contributed by atoms with E-state index in [9.17, 15) is 9.90 Å². The lowest BCUT2D eigenvalue weighted by molar-refractivity contribution is -0.122. The van der Waals surface area contributed by atoms with Crippen molar-refractivity contribution in [1.82, 2.24) is 20.3 Å². The number of hydrogen-bond acceptors (Lipinski definition) is 9. The molecule has 3 aliphatic heterocycles. The second-order valence-corrected chi connectivity index (χ2v) is 19.8. The van der Waals surface area contributed by atoms with E-state index in [1.807, 2.05) is 58.2 Å². The fraction of sp³-hybridized carbons (Fsp3) is 0.475. The van der Waals surface area contributed by atoms with Crippen molar-refractivity contribution < 1.29 is 24.1 Å². The van der Waals surface area contributed by atoms with E-state index in [2.05, 4.69) is 70.9 Å². The highest BCUT2D eigenvalue weighted by molar-refractivity contribution is 6.91. The standard InChI is InChI=1S/C40H52N6O5Si/c1-28-37(50-3)34-25-31(45-27-46(30-9-7-6-8-10-30)40(39(45)48)19-21-41-22-20-40)11-16-35(34)51-38(28)36(17-23-44-26-29(18-24-47)42-43-44)52(4,5)33-14-12-32(49-2)13-15-33/h6-16,25-26,28,36-38,41,47H,17-24,27H2,1-5H3/t28-,36?,37-,38-/m0/s1. The number of aryl methyl sites for hydroxylation is 1. The lowest BCUT2D eigenvalue weighted by Gasteiger charge is -2.46. The second-order valence-electron chi connectivity index (χ2n) is 15.0. The molecule has 1 amide bonds. The van der Waals surface area contributed by atoms with Gasteiger partial charge in [0.05, 0.1) is 33.7 Å². The van der Waals surface area contributed by atoms with E-state index in [1.165, 1.54) is 5.19 Å². The normalized spacial score (nSPS) is 22.0. The monoisotopic (exact) mass is 724 g/mol. The maximum absolute atomic E-state index is 14.5. The van der Waals surface area contributed by atoms with Crippen LogP contribution in [0, 0.1) is 5.92 Å². The molecule has 0 saturated carbocycles. The first-order valence-electron chi connectivity index (χ1n) is 18.5. The van der Waals surface area contributed by atoms with Crippen molar-refractivity contribution in [3.8, 4) is 11.5 Å². The van der Waals surface area contributed by atoms with E-state index < -0.39 is 13.6 Å². The summed E-state index contributed by atoms with van der Waals surface area (Å²) in [5.74, 6) is 1.81. The summed E-state index contributed by atoms with van der Waals surface area (Å²) in [7, 11) is 1.27. The highest BCUT2D eigenvalue weighted by Crippen LogP contribution is 2.49. The number of nitrogens with zero attached hydrogens (tertiary/aromatic N) is 5. The van der Waals surface area contributed by atoms with Crippen molar-refractivity contribution >= 4 is 30.5 Å². The van der Waals surface area contributed by atoms with Gasteiger partial charge in [-0.25, -0.2) is 0 Å². The molecule has 0 radical (unpaired) electrons. The smallest absolute Gasteiger partial charge is 0.254 e. The average molecular weight is 725 g/mol. The number of fused-ring (bicyclic) bond motifs is 1. The highest BCUT2D eigenvalue weighted by Gasteiger charge is 2.54. The van der Waals surface area contributed by atoms with Gasteiger partial charge in [0, 0.05) is 55.7 Å². The van der Waals surface area contributed by atoms with Crippen LogP contribution in [-0.4, -0.2) is 86.3 Å². The van der Waals surface area contributed by atoms with Crippen molar-refractivity contribution in [3.05, 3.63) is 90.3 Å². The Morgan fingerprint density at radius 1 is 1.04 bits per heavy atom. The molecule has 3 aliphatic rings. The quantitative estimate of drug-likeness (QED) is 0.197. The number of ether oxygens (including phenoxy) is 3. The Morgan fingerprint density at radius 2 is 1.79 bits per heavy atom. The Kier molecular flexibility index (Phi) is 10.4. The Labute approximate surface area is 307 Å². The van der Waals surface area contributed by atoms with Gasteiger partial charge < -0.3 is 29.5 Å². The molecule has 7 rings (SSSR count). The summed E-state index contributed by atoms with van der Waals surface area (Å²) in [4.78, 5) is 18.7. The number of aliphatic hydroxyl groups excluding tert-OH is 1. The molecule has 2 N–H and O–H groups in total. The van der Waals surface area contributed by atoms with Crippen LogP contribution in [0.15, 0.2) is 79.0 Å². The minimum atomic E-state index is -2.20. The van der Waals surface area contributed by atoms with Crippen molar-refractivity contribution in [3.63, 3.8) is 0 Å². The fourth-order valence-corrected chi connectivity index (χ4v) is 12.3. The third kappa shape index (κ3) is 6.61. The highest BCUT2D eigenvalue weighted by atomic mass is 28.3. The lowest BCUT2D eigenvalue weighted by atomic mass is 9.85. The van der Waals surface area contributed by atoms with E-state index in [0.29, 0.717) is 19.6 Å². The first-order valence-corrected chi connectivity index (χ1v) is 21.6. The molecule has 1 unspecified atom stereocenters.